The third-order valence-electron chi connectivity index (χ3n) is 2.01. The maximum absolute atomic E-state index is 5.41. The van der Waals surface area contributed by atoms with Gasteiger partial charge in [0.2, 0.25) is 0 Å². The highest BCUT2D eigenvalue weighted by molar-refractivity contribution is 4.66. The van der Waals surface area contributed by atoms with Crippen LogP contribution in [-0.2, 0) is 4.74 Å². The fourth-order valence-corrected chi connectivity index (χ4v) is 1.14. The molecule has 1 N–H and O–H groups in total. The van der Waals surface area contributed by atoms with E-state index >= 15 is 0 Å². The number of rotatable bonds is 3. The molecule has 0 aliphatic carbocycles. The van der Waals surface area contributed by atoms with E-state index in [4.69, 9.17) is 4.74 Å². The molecule has 1 fully saturated rings. The Labute approximate surface area is 63.0 Å². The second kappa shape index (κ2) is 3.94. The van der Waals surface area contributed by atoms with Crippen molar-refractivity contribution in [2.75, 3.05) is 6.61 Å². The summed E-state index contributed by atoms with van der Waals surface area (Å²) >= 11 is 0. The highest BCUT2D eigenvalue weighted by Crippen LogP contribution is 2.09. The lowest BCUT2D eigenvalue weighted by molar-refractivity contribution is 0.0752. The van der Waals surface area contributed by atoms with Crippen LogP contribution in [0.5, 0.6) is 0 Å². The normalized spacial score (nSPS) is 28.8. The van der Waals surface area contributed by atoms with Gasteiger partial charge in [0.15, 0.2) is 0 Å². The topological polar surface area (TPSA) is 21.3 Å². The van der Waals surface area contributed by atoms with Crippen molar-refractivity contribution in [2.45, 2.75) is 45.4 Å². The largest absolute Gasteiger partial charge is 0.363 e. The Morgan fingerprint density at radius 2 is 2.50 bits per heavy atom. The van der Waals surface area contributed by atoms with Gasteiger partial charge in [0.25, 0.3) is 0 Å². The number of hydrogen-bond donors (Lipinski definition) is 1. The van der Waals surface area contributed by atoms with E-state index in [-0.39, 0.29) is 0 Å². The average molecular weight is 143 g/mol. The van der Waals surface area contributed by atoms with Crippen LogP contribution in [0.15, 0.2) is 0 Å². The molecular weight excluding hydrogens is 126 g/mol. The first-order valence-electron chi connectivity index (χ1n) is 4.20. The highest BCUT2D eigenvalue weighted by atomic mass is 16.5. The molecule has 0 radical (unpaired) electrons. The van der Waals surface area contributed by atoms with Crippen molar-refractivity contribution >= 4 is 0 Å². The molecule has 1 rings (SSSR count). The molecule has 0 saturated carbocycles. The van der Waals surface area contributed by atoms with Gasteiger partial charge in [-0.15, -0.1) is 0 Å². The molecule has 1 aliphatic heterocycles. The van der Waals surface area contributed by atoms with Gasteiger partial charge in [-0.05, 0) is 26.2 Å². The van der Waals surface area contributed by atoms with Crippen molar-refractivity contribution in [3.05, 3.63) is 0 Å². The summed E-state index contributed by atoms with van der Waals surface area (Å²) < 4.78 is 5.41. The first-order chi connectivity index (χ1) is 4.83. The molecule has 1 aliphatic rings. The molecule has 0 bridgehead atoms. The zero-order chi connectivity index (χ0) is 7.40. The first kappa shape index (κ1) is 8.02. The van der Waals surface area contributed by atoms with Crippen LogP contribution in [0.1, 0.15) is 33.1 Å². The maximum atomic E-state index is 5.41. The van der Waals surface area contributed by atoms with Gasteiger partial charge >= 0.3 is 0 Å². The minimum atomic E-state index is 0.343. The molecule has 2 heteroatoms. The van der Waals surface area contributed by atoms with E-state index in [0.717, 1.165) is 6.61 Å². The van der Waals surface area contributed by atoms with Gasteiger partial charge in [-0.2, -0.15) is 0 Å². The van der Waals surface area contributed by atoms with E-state index in [1.54, 1.807) is 0 Å². The van der Waals surface area contributed by atoms with Crippen molar-refractivity contribution in [1.82, 2.24) is 5.32 Å². The molecule has 0 spiro atoms. The summed E-state index contributed by atoms with van der Waals surface area (Å²) in [4.78, 5) is 0. The standard InChI is InChI=1S/C8H17NO/c1-3-7(2)9-8-5-4-6-10-8/h7-9H,3-6H2,1-2H3. The van der Waals surface area contributed by atoms with Crippen LogP contribution >= 0.6 is 0 Å². The molecule has 2 unspecified atom stereocenters. The Balaban J connectivity index is 2.11. The Bertz CT molecular complexity index is 89.3. The summed E-state index contributed by atoms with van der Waals surface area (Å²) in [5, 5.41) is 3.41. The lowest BCUT2D eigenvalue weighted by atomic mass is 10.2. The van der Waals surface area contributed by atoms with Crippen LogP contribution in [0.3, 0.4) is 0 Å². The van der Waals surface area contributed by atoms with E-state index in [2.05, 4.69) is 19.2 Å². The van der Waals surface area contributed by atoms with Crippen LogP contribution < -0.4 is 5.32 Å². The van der Waals surface area contributed by atoms with Crippen molar-refractivity contribution in [1.29, 1.82) is 0 Å². The van der Waals surface area contributed by atoms with Crippen LogP contribution in [-0.4, -0.2) is 18.9 Å². The van der Waals surface area contributed by atoms with Gasteiger partial charge in [0, 0.05) is 12.6 Å². The minimum absolute atomic E-state index is 0.343. The van der Waals surface area contributed by atoms with Crippen LogP contribution in [0, 0.1) is 0 Å². The van der Waals surface area contributed by atoms with Crippen LogP contribution in [0.25, 0.3) is 0 Å². The highest BCUT2D eigenvalue weighted by Gasteiger charge is 2.15. The molecule has 2 nitrogen and oxygen atoms in total. The second-order valence-corrected chi connectivity index (χ2v) is 2.98. The average Bonchev–Trinajstić information content (AvgIpc) is 2.40. The van der Waals surface area contributed by atoms with Gasteiger partial charge in [-0.3, -0.25) is 5.32 Å². The van der Waals surface area contributed by atoms with Crippen molar-refractivity contribution < 1.29 is 4.74 Å². The van der Waals surface area contributed by atoms with Gasteiger partial charge < -0.3 is 4.74 Å². The van der Waals surface area contributed by atoms with E-state index in [1.807, 2.05) is 0 Å². The quantitative estimate of drug-likeness (QED) is 0.646. The smallest absolute Gasteiger partial charge is 0.108 e. The maximum Gasteiger partial charge on any atom is 0.108 e. The molecule has 0 aromatic heterocycles. The molecule has 0 aromatic rings. The number of hydrogen-bond acceptors (Lipinski definition) is 2. The molecule has 10 heavy (non-hydrogen) atoms. The summed E-state index contributed by atoms with van der Waals surface area (Å²) in [5.41, 5.74) is 0. The molecule has 60 valence electrons. The molecule has 1 heterocycles. The molecule has 1 saturated heterocycles. The predicted molar refractivity (Wildman–Crippen MR) is 41.9 cm³/mol. The SMILES string of the molecule is CCC(C)NC1CCCO1. The van der Waals surface area contributed by atoms with E-state index in [0.29, 0.717) is 12.3 Å². The first-order valence-corrected chi connectivity index (χ1v) is 4.20. The zero-order valence-corrected chi connectivity index (χ0v) is 6.89. The van der Waals surface area contributed by atoms with Crippen LogP contribution in [0.2, 0.25) is 0 Å². The Morgan fingerprint density at radius 1 is 1.70 bits per heavy atom. The van der Waals surface area contributed by atoms with Gasteiger partial charge in [0.1, 0.15) is 6.23 Å². The minimum Gasteiger partial charge on any atom is -0.363 e. The molecule has 0 amide bonds. The lowest BCUT2D eigenvalue weighted by Crippen LogP contribution is -2.35. The van der Waals surface area contributed by atoms with E-state index in [9.17, 15) is 0 Å². The summed E-state index contributed by atoms with van der Waals surface area (Å²) in [6.45, 7) is 5.32. The monoisotopic (exact) mass is 143 g/mol. The molecule has 0 aromatic carbocycles. The van der Waals surface area contributed by atoms with Gasteiger partial charge in [-0.1, -0.05) is 6.92 Å². The Kier molecular flexibility index (Phi) is 3.16. The third-order valence-corrected chi connectivity index (χ3v) is 2.01. The number of nitrogens with one attached hydrogen (secondary N) is 1. The van der Waals surface area contributed by atoms with E-state index in [1.165, 1.54) is 19.3 Å². The van der Waals surface area contributed by atoms with Crippen molar-refractivity contribution in [3.8, 4) is 0 Å². The van der Waals surface area contributed by atoms with Crippen molar-refractivity contribution in [3.63, 3.8) is 0 Å². The predicted octanol–water partition coefficient (Wildman–Crippen LogP) is 1.51. The molecule has 2 atom stereocenters. The summed E-state index contributed by atoms with van der Waals surface area (Å²) in [5.74, 6) is 0. The van der Waals surface area contributed by atoms with E-state index < -0.39 is 0 Å². The fraction of sp³-hybridized carbons (Fsp3) is 1.00. The van der Waals surface area contributed by atoms with Crippen molar-refractivity contribution in [2.24, 2.45) is 0 Å². The van der Waals surface area contributed by atoms with Gasteiger partial charge in [-0.25, -0.2) is 0 Å². The Morgan fingerprint density at radius 3 is 3.00 bits per heavy atom. The Hall–Kier alpha value is -0.0800. The summed E-state index contributed by atoms with van der Waals surface area (Å²) in [7, 11) is 0. The second-order valence-electron chi connectivity index (χ2n) is 2.98. The fourth-order valence-electron chi connectivity index (χ4n) is 1.14. The van der Waals surface area contributed by atoms with Crippen LogP contribution in [0.4, 0.5) is 0 Å². The van der Waals surface area contributed by atoms with Gasteiger partial charge in [0.05, 0.1) is 0 Å². The summed E-state index contributed by atoms with van der Waals surface area (Å²) in [6, 6.07) is 0.600. The molecular formula is C8H17NO. The number of ether oxygens (including phenoxy) is 1. The lowest BCUT2D eigenvalue weighted by Gasteiger charge is -2.16. The zero-order valence-electron chi connectivity index (χ0n) is 6.89. The summed E-state index contributed by atoms with van der Waals surface area (Å²) in [6.07, 6.45) is 3.92. The third kappa shape index (κ3) is 2.27.